The molecule has 2 aromatic rings. The number of nitrogens with zero attached hydrogens (tertiary/aromatic N) is 2. The molecule has 0 aliphatic rings. The first-order valence-corrected chi connectivity index (χ1v) is 4.71. The van der Waals surface area contributed by atoms with Gasteiger partial charge in [0.1, 0.15) is 10.8 Å². The zero-order valence-electron chi connectivity index (χ0n) is 7.72. The summed E-state index contributed by atoms with van der Waals surface area (Å²) in [5.41, 5.74) is 2.00. The maximum absolute atomic E-state index is 10.8. The molecule has 0 N–H and O–H groups in total. The van der Waals surface area contributed by atoms with Crippen molar-refractivity contribution in [3.05, 3.63) is 47.5 Å². The Labute approximate surface area is 91.8 Å². The van der Waals surface area contributed by atoms with E-state index in [1.54, 1.807) is 24.5 Å². The summed E-state index contributed by atoms with van der Waals surface area (Å²) in [6.07, 6.45) is 4.03. The molecule has 2 aromatic heterocycles. The highest BCUT2D eigenvalue weighted by atomic mass is 35.5. The van der Waals surface area contributed by atoms with Crippen LogP contribution in [0.4, 0.5) is 0 Å². The highest BCUT2D eigenvalue weighted by molar-refractivity contribution is 6.29. The fourth-order valence-electron chi connectivity index (χ4n) is 1.32. The number of hydrogen-bond acceptors (Lipinski definition) is 3. The van der Waals surface area contributed by atoms with Crippen LogP contribution < -0.4 is 0 Å². The molecule has 4 heteroatoms. The van der Waals surface area contributed by atoms with Crippen LogP contribution in [0.3, 0.4) is 0 Å². The first-order chi connectivity index (χ1) is 7.31. The summed E-state index contributed by atoms with van der Waals surface area (Å²) in [7, 11) is 0. The van der Waals surface area contributed by atoms with Crippen LogP contribution in [-0.4, -0.2) is 16.3 Å². The van der Waals surface area contributed by atoms with Crippen molar-refractivity contribution in [3.63, 3.8) is 0 Å². The Morgan fingerprint density at radius 3 is 2.53 bits per heavy atom. The Bertz CT molecular complexity index is 485. The Balaban J connectivity index is 2.58. The number of halogens is 1. The minimum absolute atomic E-state index is 0.315. The fraction of sp³-hybridized carbons (Fsp3) is 0. The Morgan fingerprint density at radius 1 is 1.13 bits per heavy atom. The Morgan fingerprint density at radius 2 is 1.87 bits per heavy atom. The average Bonchev–Trinajstić information content (AvgIpc) is 2.30. The van der Waals surface area contributed by atoms with Gasteiger partial charge in [-0.1, -0.05) is 11.6 Å². The van der Waals surface area contributed by atoms with Crippen LogP contribution >= 0.6 is 11.6 Å². The third kappa shape index (κ3) is 2.02. The van der Waals surface area contributed by atoms with Crippen molar-refractivity contribution >= 4 is 17.9 Å². The van der Waals surface area contributed by atoms with Gasteiger partial charge in [-0.3, -0.25) is 9.78 Å². The molecule has 0 saturated heterocycles. The van der Waals surface area contributed by atoms with Gasteiger partial charge in [0.2, 0.25) is 0 Å². The second-order valence-corrected chi connectivity index (χ2v) is 3.31. The summed E-state index contributed by atoms with van der Waals surface area (Å²) >= 11 is 5.70. The lowest BCUT2D eigenvalue weighted by Gasteiger charge is -2.03. The average molecular weight is 219 g/mol. The zero-order chi connectivity index (χ0) is 10.7. The normalized spacial score (nSPS) is 9.93. The Hall–Kier alpha value is -1.74. The number of carbonyl (C=O) groups excluding carboxylic acids is 1. The molecular formula is C11H7ClN2O. The number of pyridine rings is 2. The largest absolute Gasteiger partial charge is 0.296 e. The van der Waals surface area contributed by atoms with Gasteiger partial charge in [0.15, 0.2) is 6.29 Å². The van der Waals surface area contributed by atoms with Gasteiger partial charge >= 0.3 is 0 Å². The lowest BCUT2D eigenvalue weighted by atomic mass is 10.1. The van der Waals surface area contributed by atoms with E-state index in [9.17, 15) is 4.79 Å². The van der Waals surface area contributed by atoms with E-state index in [1.807, 2.05) is 12.1 Å². The molecule has 0 aliphatic heterocycles. The molecule has 0 saturated carbocycles. The molecule has 0 amide bonds. The minimum Gasteiger partial charge on any atom is -0.296 e. The number of aromatic nitrogens is 2. The number of hydrogen-bond donors (Lipinski definition) is 0. The molecule has 15 heavy (non-hydrogen) atoms. The smallest absolute Gasteiger partial charge is 0.169 e. The summed E-state index contributed by atoms with van der Waals surface area (Å²) in [6, 6.07) is 7.06. The van der Waals surface area contributed by atoms with Crippen molar-refractivity contribution in [1.82, 2.24) is 9.97 Å². The Kier molecular flexibility index (Phi) is 2.74. The monoisotopic (exact) mass is 218 g/mol. The second kappa shape index (κ2) is 4.19. The zero-order valence-corrected chi connectivity index (χ0v) is 8.48. The molecule has 74 valence electrons. The first-order valence-electron chi connectivity index (χ1n) is 4.33. The third-order valence-electron chi connectivity index (χ3n) is 1.99. The molecule has 0 aromatic carbocycles. The van der Waals surface area contributed by atoms with Gasteiger partial charge in [-0.25, -0.2) is 4.98 Å². The van der Waals surface area contributed by atoms with Gasteiger partial charge in [0.05, 0.1) is 0 Å². The van der Waals surface area contributed by atoms with E-state index in [1.165, 1.54) is 0 Å². The minimum atomic E-state index is 0.315. The number of carbonyl (C=O) groups is 1. The summed E-state index contributed by atoms with van der Waals surface area (Å²) < 4.78 is 0. The van der Waals surface area contributed by atoms with Crippen molar-refractivity contribution < 1.29 is 4.79 Å². The van der Waals surface area contributed by atoms with Gasteiger partial charge < -0.3 is 0 Å². The van der Waals surface area contributed by atoms with Crippen molar-refractivity contribution in [1.29, 1.82) is 0 Å². The van der Waals surface area contributed by atoms with Crippen LogP contribution in [0.2, 0.25) is 5.15 Å². The van der Waals surface area contributed by atoms with E-state index < -0.39 is 0 Å². The first kappa shape index (κ1) is 9.80. The van der Waals surface area contributed by atoms with Gasteiger partial charge in [-0.15, -0.1) is 0 Å². The van der Waals surface area contributed by atoms with Gasteiger partial charge in [0.25, 0.3) is 0 Å². The van der Waals surface area contributed by atoms with Crippen molar-refractivity contribution in [2.75, 3.05) is 0 Å². The van der Waals surface area contributed by atoms with Gasteiger partial charge in [-0.05, 0) is 29.8 Å². The van der Waals surface area contributed by atoms with E-state index in [0.29, 0.717) is 17.1 Å². The van der Waals surface area contributed by atoms with E-state index in [2.05, 4.69) is 9.97 Å². The standard InChI is InChI=1S/C11H7ClN2O/c12-11-2-1-9(10(7-15)14-11)8-3-5-13-6-4-8/h1-7H. The van der Waals surface area contributed by atoms with E-state index >= 15 is 0 Å². The third-order valence-corrected chi connectivity index (χ3v) is 2.20. The van der Waals surface area contributed by atoms with Crippen LogP contribution in [0.1, 0.15) is 10.5 Å². The van der Waals surface area contributed by atoms with Gasteiger partial charge in [-0.2, -0.15) is 0 Å². The number of aldehydes is 1. The summed E-state index contributed by atoms with van der Waals surface area (Å²) in [6.45, 7) is 0. The highest BCUT2D eigenvalue weighted by Crippen LogP contribution is 2.22. The van der Waals surface area contributed by atoms with E-state index in [0.717, 1.165) is 11.1 Å². The van der Waals surface area contributed by atoms with Crippen LogP contribution in [0.15, 0.2) is 36.7 Å². The lowest BCUT2D eigenvalue weighted by molar-refractivity contribution is 0.111. The topological polar surface area (TPSA) is 42.9 Å². The fourth-order valence-corrected chi connectivity index (χ4v) is 1.47. The van der Waals surface area contributed by atoms with Gasteiger partial charge in [0, 0.05) is 18.0 Å². The molecule has 0 bridgehead atoms. The lowest BCUT2D eigenvalue weighted by Crippen LogP contribution is -1.92. The molecule has 2 heterocycles. The predicted octanol–water partition coefficient (Wildman–Crippen LogP) is 2.61. The van der Waals surface area contributed by atoms with Crippen molar-refractivity contribution in [3.8, 4) is 11.1 Å². The quantitative estimate of drug-likeness (QED) is 0.575. The molecule has 3 nitrogen and oxygen atoms in total. The molecule has 0 spiro atoms. The van der Waals surface area contributed by atoms with Crippen LogP contribution in [0, 0.1) is 0 Å². The van der Waals surface area contributed by atoms with Crippen molar-refractivity contribution in [2.45, 2.75) is 0 Å². The summed E-state index contributed by atoms with van der Waals surface area (Å²) in [5.74, 6) is 0. The van der Waals surface area contributed by atoms with Crippen molar-refractivity contribution in [2.24, 2.45) is 0 Å². The maximum Gasteiger partial charge on any atom is 0.169 e. The van der Waals surface area contributed by atoms with E-state index in [-0.39, 0.29) is 0 Å². The van der Waals surface area contributed by atoms with Crippen LogP contribution in [-0.2, 0) is 0 Å². The molecule has 0 atom stereocenters. The predicted molar refractivity (Wildman–Crippen MR) is 57.9 cm³/mol. The SMILES string of the molecule is O=Cc1nc(Cl)ccc1-c1ccncc1. The summed E-state index contributed by atoms with van der Waals surface area (Å²) in [4.78, 5) is 18.7. The number of rotatable bonds is 2. The second-order valence-electron chi connectivity index (χ2n) is 2.92. The summed E-state index contributed by atoms with van der Waals surface area (Å²) in [5, 5.41) is 0.315. The molecule has 2 rings (SSSR count). The molecule has 0 radical (unpaired) electrons. The maximum atomic E-state index is 10.8. The van der Waals surface area contributed by atoms with E-state index in [4.69, 9.17) is 11.6 Å². The van der Waals surface area contributed by atoms with Crippen LogP contribution in [0.5, 0.6) is 0 Å². The molecule has 0 fully saturated rings. The molecule has 0 unspecified atom stereocenters. The highest BCUT2D eigenvalue weighted by Gasteiger charge is 2.05. The molecule has 0 aliphatic carbocycles. The van der Waals surface area contributed by atoms with Crippen LogP contribution in [0.25, 0.3) is 11.1 Å². The molecular weight excluding hydrogens is 212 g/mol.